The van der Waals surface area contributed by atoms with Crippen molar-refractivity contribution in [2.75, 3.05) is 13.1 Å². The van der Waals surface area contributed by atoms with E-state index in [4.69, 9.17) is 9.84 Å². The van der Waals surface area contributed by atoms with Crippen molar-refractivity contribution in [1.82, 2.24) is 10.3 Å². The molecule has 1 aliphatic rings. The minimum Gasteiger partial charge on any atom is -0.489 e. The van der Waals surface area contributed by atoms with Crippen LogP contribution < -0.4 is 10.1 Å². The quantitative estimate of drug-likeness (QED) is 0.710. The minimum atomic E-state index is -0.828. The second kappa shape index (κ2) is 8.09. The molecule has 0 saturated heterocycles. The van der Waals surface area contributed by atoms with Gasteiger partial charge in [-0.25, -0.2) is 0 Å². The normalized spacial score (nSPS) is 17.4. The highest BCUT2D eigenvalue weighted by molar-refractivity contribution is 5.70. The molecule has 2 atom stereocenters. The lowest BCUT2D eigenvalue weighted by Gasteiger charge is -2.27. The zero-order valence-electron chi connectivity index (χ0n) is 13.9. The highest BCUT2D eigenvalue weighted by Crippen LogP contribution is 2.28. The van der Waals surface area contributed by atoms with Gasteiger partial charge in [0.25, 0.3) is 0 Å². The lowest BCUT2D eigenvalue weighted by molar-refractivity contribution is -0.136. The predicted molar refractivity (Wildman–Crippen MR) is 92.6 cm³/mol. The Morgan fingerprint density at radius 3 is 3.04 bits per heavy atom. The number of benzene rings is 1. The van der Waals surface area contributed by atoms with Crippen LogP contribution >= 0.6 is 0 Å². The van der Waals surface area contributed by atoms with Crippen LogP contribution in [0.5, 0.6) is 5.75 Å². The number of carboxylic acids is 1. The molecule has 0 spiro atoms. The summed E-state index contributed by atoms with van der Waals surface area (Å²) in [6.07, 6.45) is 4.54. The Bertz CT molecular complexity index is 721. The highest BCUT2D eigenvalue weighted by Gasteiger charge is 2.20. The first-order valence-corrected chi connectivity index (χ1v) is 8.41. The molecule has 6 heteroatoms. The summed E-state index contributed by atoms with van der Waals surface area (Å²) in [7, 11) is 0. The molecule has 1 aliphatic heterocycles. The lowest BCUT2D eigenvalue weighted by atomic mass is 9.99. The first-order valence-electron chi connectivity index (χ1n) is 8.41. The largest absolute Gasteiger partial charge is 0.489 e. The molecular weight excluding hydrogens is 320 g/mol. The number of pyridine rings is 1. The fourth-order valence-electron chi connectivity index (χ4n) is 3.00. The lowest BCUT2D eigenvalue weighted by Crippen LogP contribution is -2.36. The molecule has 3 rings (SSSR count). The van der Waals surface area contributed by atoms with Crippen molar-refractivity contribution in [2.45, 2.75) is 31.5 Å². The molecule has 6 nitrogen and oxygen atoms in total. The van der Waals surface area contributed by atoms with Crippen LogP contribution in [0.4, 0.5) is 0 Å². The summed E-state index contributed by atoms with van der Waals surface area (Å²) in [6, 6.07) is 9.22. The zero-order chi connectivity index (χ0) is 17.6. The Balaban J connectivity index is 1.49. The van der Waals surface area contributed by atoms with Crippen LogP contribution in [0.25, 0.3) is 0 Å². The standard InChI is InChI=1S/C19H22N2O4/c22-17(15-2-1-7-20-10-15)12-21-11-16-5-4-14-8-13(9-19(23)24)3-6-18(14)25-16/h1-3,6-8,10,16-17,21-22H,4-5,9,11-12H2,(H,23,24). The summed E-state index contributed by atoms with van der Waals surface area (Å²) in [5, 5.41) is 22.2. The molecule has 0 bridgehead atoms. The molecule has 132 valence electrons. The van der Waals surface area contributed by atoms with Crippen molar-refractivity contribution >= 4 is 5.97 Å². The Labute approximate surface area is 146 Å². The van der Waals surface area contributed by atoms with Gasteiger partial charge in [0.1, 0.15) is 11.9 Å². The van der Waals surface area contributed by atoms with Gasteiger partial charge in [-0.1, -0.05) is 18.2 Å². The van der Waals surface area contributed by atoms with Gasteiger partial charge in [-0.15, -0.1) is 0 Å². The summed E-state index contributed by atoms with van der Waals surface area (Å²) in [5.74, 6) is -0.00840. The number of nitrogens with zero attached hydrogens (tertiary/aromatic N) is 1. The number of hydrogen-bond acceptors (Lipinski definition) is 5. The molecule has 25 heavy (non-hydrogen) atoms. The van der Waals surface area contributed by atoms with Gasteiger partial charge in [0, 0.05) is 31.0 Å². The monoisotopic (exact) mass is 342 g/mol. The fraction of sp³-hybridized carbons (Fsp3) is 0.368. The van der Waals surface area contributed by atoms with E-state index in [1.54, 1.807) is 24.5 Å². The van der Waals surface area contributed by atoms with Gasteiger partial charge < -0.3 is 20.3 Å². The van der Waals surface area contributed by atoms with Crippen molar-refractivity contribution in [3.63, 3.8) is 0 Å². The molecule has 0 amide bonds. The summed E-state index contributed by atoms with van der Waals surface area (Å²) >= 11 is 0. The van der Waals surface area contributed by atoms with E-state index in [2.05, 4.69) is 10.3 Å². The zero-order valence-corrected chi connectivity index (χ0v) is 13.9. The molecule has 0 fully saturated rings. The molecule has 2 heterocycles. The van der Waals surface area contributed by atoms with Gasteiger partial charge in [0.05, 0.1) is 12.5 Å². The summed E-state index contributed by atoms with van der Waals surface area (Å²) in [5.41, 5.74) is 2.65. The number of aliphatic hydroxyl groups excluding tert-OH is 1. The van der Waals surface area contributed by atoms with Crippen molar-refractivity contribution in [2.24, 2.45) is 0 Å². The first-order chi connectivity index (χ1) is 12.1. The Kier molecular flexibility index (Phi) is 5.63. The number of aryl methyl sites for hydroxylation is 1. The second-order valence-corrected chi connectivity index (χ2v) is 6.25. The third kappa shape index (κ3) is 4.78. The number of hydrogen-bond donors (Lipinski definition) is 3. The van der Waals surface area contributed by atoms with Crippen molar-refractivity contribution in [1.29, 1.82) is 0 Å². The SMILES string of the molecule is O=C(O)Cc1ccc2c(c1)CCC(CNCC(O)c1cccnc1)O2. The Morgan fingerprint density at radius 1 is 1.40 bits per heavy atom. The van der Waals surface area contributed by atoms with Crippen molar-refractivity contribution in [3.05, 3.63) is 59.4 Å². The van der Waals surface area contributed by atoms with Gasteiger partial charge in [-0.2, -0.15) is 0 Å². The summed E-state index contributed by atoms with van der Waals surface area (Å²) in [6.45, 7) is 1.09. The minimum absolute atomic E-state index is 0.0322. The van der Waals surface area contributed by atoms with Crippen LogP contribution in [0.3, 0.4) is 0 Å². The van der Waals surface area contributed by atoms with Crippen molar-refractivity contribution < 1.29 is 19.7 Å². The topological polar surface area (TPSA) is 91.7 Å². The smallest absolute Gasteiger partial charge is 0.307 e. The molecule has 0 aliphatic carbocycles. The molecule has 0 saturated carbocycles. The van der Waals surface area contributed by atoms with E-state index >= 15 is 0 Å². The number of rotatable bonds is 7. The molecule has 1 aromatic carbocycles. The van der Waals surface area contributed by atoms with E-state index in [-0.39, 0.29) is 12.5 Å². The first kappa shape index (κ1) is 17.4. The Morgan fingerprint density at radius 2 is 2.28 bits per heavy atom. The number of ether oxygens (including phenoxy) is 1. The molecular formula is C19H22N2O4. The van der Waals surface area contributed by atoms with E-state index in [1.165, 1.54) is 0 Å². The number of nitrogens with one attached hydrogen (secondary N) is 1. The van der Waals surface area contributed by atoms with Crippen LogP contribution in [0.1, 0.15) is 29.2 Å². The van der Waals surface area contributed by atoms with Gasteiger partial charge in [-0.05, 0) is 36.1 Å². The average molecular weight is 342 g/mol. The number of aromatic nitrogens is 1. The number of carbonyl (C=O) groups is 1. The number of fused-ring (bicyclic) bond motifs is 1. The molecule has 2 aromatic rings. The van der Waals surface area contributed by atoms with E-state index in [0.29, 0.717) is 13.1 Å². The molecule has 3 N–H and O–H groups in total. The van der Waals surface area contributed by atoms with Gasteiger partial charge in [0.15, 0.2) is 0 Å². The van der Waals surface area contributed by atoms with E-state index < -0.39 is 12.1 Å². The van der Waals surface area contributed by atoms with Crippen LogP contribution in [-0.2, 0) is 17.6 Å². The average Bonchev–Trinajstić information content (AvgIpc) is 2.62. The van der Waals surface area contributed by atoms with Crippen LogP contribution in [-0.4, -0.2) is 40.4 Å². The highest BCUT2D eigenvalue weighted by atomic mass is 16.5. The third-order valence-corrected chi connectivity index (χ3v) is 4.29. The third-order valence-electron chi connectivity index (χ3n) is 4.29. The number of carboxylic acid groups (broad SMARTS) is 1. The summed E-state index contributed by atoms with van der Waals surface area (Å²) in [4.78, 5) is 14.8. The maximum absolute atomic E-state index is 10.8. The van der Waals surface area contributed by atoms with Crippen LogP contribution in [0, 0.1) is 0 Å². The van der Waals surface area contributed by atoms with Gasteiger partial charge in [-0.3, -0.25) is 9.78 Å². The van der Waals surface area contributed by atoms with E-state index in [0.717, 1.165) is 35.3 Å². The maximum atomic E-state index is 10.8. The molecule has 2 unspecified atom stereocenters. The number of aliphatic carboxylic acids is 1. The van der Waals surface area contributed by atoms with Crippen molar-refractivity contribution in [3.8, 4) is 5.75 Å². The van der Waals surface area contributed by atoms with E-state index in [1.807, 2.05) is 18.2 Å². The number of aliphatic hydroxyl groups is 1. The second-order valence-electron chi connectivity index (χ2n) is 6.25. The maximum Gasteiger partial charge on any atom is 0.307 e. The molecule has 0 radical (unpaired) electrons. The predicted octanol–water partition coefficient (Wildman–Crippen LogP) is 1.73. The fourth-order valence-corrected chi connectivity index (χ4v) is 3.00. The van der Waals surface area contributed by atoms with E-state index in [9.17, 15) is 9.90 Å². The van der Waals surface area contributed by atoms with Crippen LogP contribution in [0.15, 0.2) is 42.7 Å². The van der Waals surface area contributed by atoms with Crippen LogP contribution in [0.2, 0.25) is 0 Å². The Hall–Kier alpha value is -2.44. The van der Waals surface area contributed by atoms with Gasteiger partial charge >= 0.3 is 5.97 Å². The molecule has 1 aromatic heterocycles. The summed E-state index contributed by atoms with van der Waals surface area (Å²) < 4.78 is 5.98. The van der Waals surface area contributed by atoms with Gasteiger partial charge in [0.2, 0.25) is 0 Å².